The SMILES string of the molecule is O=C(O)CCN1C(=O)/C(=C/c2ccc3ccccc3c2O)SC1=S. The number of rotatable bonds is 4. The fraction of sp³-hybridized carbons (Fsp3) is 0.118. The van der Waals surface area contributed by atoms with Crippen LogP contribution in [0.1, 0.15) is 12.0 Å². The molecule has 0 unspecified atom stereocenters. The number of carboxylic acids is 1. The number of phenols is 1. The molecular weight excluding hydrogens is 346 g/mol. The van der Waals surface area contributed by atoms with Crippen molar-refractivity contribution in [2.24, 2.45) is 0 Å². The number of thiocarbonyl (C=S) groups is 1. The number of hydrogen-bond donors (Lipinski definition) is 2. The van der Waals surface area contributed by atoms with Gasteiger partial charge in [-0.1, -0.05) is 60.4 Å². The minimum absolute atomic E-state index is 0.0427. The van der Waals surface area contributed by atoms with Crippen LogP contribution in [0.2, 0.25) is 0 Å². The maximum atomic E-state index is 12.4. The second kappa shape index (κ2) is 6.62. The molecule has 0 saturated carbocycles. The van der Waals surface area contributed by atoms with Crippen molar-refractivity contribution in [3.63, 3.8) is 0 Å². The quantitative estimate of drug-likeness (QED) is 0.645. The number of nitrogens with zero attached hydrogens (tertiary/aromatic N) is 1. The number of carbonyl (C=O) groups is 2. The number of amides is 1. The average molecular weight is 359 g/mol. The van der Waals surface area contributed by atoms with Crippen LogP contribution in [-0.4, -0.2) is 37.9 Å². The lowest BCUT2D eigenvalue weighted by Crippen LogP contribution is -2.30. The summed E-state index contributed by atoms with van der Waals surface area (Å²) in [6.07, 6.45) is 1.42. The van der Waals surface area contributed by atoms with Crippen LogP contribution in [0.25, 0.3) is 16.8 Å². The summed E-state index contributed by atoms with van der Waals surface area (Å²) in [5, 5.41) is 20.8. The largest absolute Gasteiger partial charge is 0.507 e. The Morgan fingerprint density at radius 1 is 1.25 bits per heavy atom. The van der Waals surface area contributed by atoms with Crippen LogP contribution in [0.15, 0.2) is 41.3 Å². The number of hydrogen-bond acceptors (Lipinski definition) is 5. The number of carbonyl (C=O) groups excluding carboxylic acids is 1. The Hall–Kier alpha value is -2.38. The van der Waals surface area contributed by atoms with Gasteiger partial charge in [0.2, 0.25) is 0 Å². The van der Waals surface area contributed by atoms with Crippen LogP contribution in [0.4, 0.5) is 0 Å². The summed E-state index contributed by atoms with van der Waals surface area (Å²) in [7, 11) is 0. The fourth-order valence-corrected chi connectivity index (χ4v) is 3.73. The zero-order valence-corrected chi connectivity index (χ0v) is 14.1. The van der Waals surface area contributed by atoms with Gasteiger partial charge in [0.05, 0.1) is 11.3 Å². The molecule has 1 aliphatic rings. The van der Waals surface area contributed by atoms with Crippen molar-refractivity contribution in [1.29, 1.82) is 0 Å². The molecule has 0 radical (unpaired) electrons. The molecular formula is C17H13NO4S2. The van der Waals surface area contributed by atoms with Crippen molar-refractivity contribution >= 4 is 57.0 Å². The second-order valence-electron chi connectivity index (χ2n) is 5.20. The first-order valence-electron chi connectivity index (χ1n) is 7.15. The van der Waals surface area contributed by atoms with Crippen molar-refractivity contribution in [2.45, 2.75) is 6.42 Å². The molecule has 1 aliphatic heterocycles. The molecule has 0 atom stereocenters. The fourth-order valence-electron chi connectivity index (χ4n) is 2.43. The van der Waals surface area contributed by atoms with Gasteiger partial charge in [-0.25, -0.2) is 0 Å². The number of benzene rings is 2. The first kappa shape index (κ1) is 16.5. The van der Waals surface area contributed by atoms with E-state index in [4.69, 9.17) is 17.3 Å². The maximum absolute atomic E-state index is 12.4. The third kappa shape index (κ3) is 3.13. The van der Waals surface area contributed by atoms with E-state index in [-0.39, 0.29) is 24.6 Å². The van der Waals surface area contributed by atoms with E-state index in [1.54, 1.807) is 18.2 Å². The number of fused-ring (bicyclic) bond motifs is 1. The lowest BCUT2D eigenvalue weighted by Gasteiger charge is -2.12. The van der Waals surface area contributed by atoms with Gasteiger partial charge in [0.1, 0.15) is 10.1 Å². The predicted molar refractivity (Wildman–Crippen MR) is 97.7 cm³/mol. The maximum Gasteiger partial charge on any atom is 0.305 e. The van der Waals surface area contributed by atoms with Gasteiger partial charge in [-0.3, -0.25) is 14.5 Å². The molecule has 24 heavy (non-hydrogen) atoms. The van der Waals surface area contributed by atoms with Crippen LogP contribution < -0.4 is 0 Å². The van der Waals surface area contributed by atoms with Crippen LogP contribution in [0.3, 0.4) is 0 Å². The average Bonchev–Trinajstić information content (AvgIpc) is 2.82. The molecule has 2 N–H and O–H groups in total. The highest BCUT2D eigenvalue weighted by atomic mass is 32.2. The number of aliphatic carboxylic acids is 1. The van der Waals surface area contributed by atoms with Gasteiger partial charge >= 0.3 is 5.97 Å². The standard InChI is InChI=1S/C17H13NO4S2/c19-14(20)7-8-18-16(22)13(24-17(18)23)9-11-6-5-10-3-1-2-4-12(10)15(11)21/h1-6,9,21H,7-8H2,(H,19,20)/b13-9-. The summed E-state index contributed by atoms with van der Waals surface area (Å²) in [6, 6.07) is 11.0. The summed E-state index contributed by atoms with van der Waals surface area (Å²) >= 11 is 6.25. The smallest absolute Gasteiger partial charge is 0.305 e. The van der Waals surface area contributed by atoms with Gasteiger partial charge in [0.25, 0.3) is 5.91 Å². The molecule has 2 aromatic rings. The molecule has 122 valence electrons. The Labute approximate surface area is 147 Å². The molecule has 7 heteroatoms. The Kier molecular flexibility index (Phi) is 4.55. The molecule has 2 aromatic carbocycles. The minimum atomic E-state index is -0.986. The van der Waals surface area contributed by atoms with E-state index in [2.05, 4.69) is 0 Å². The van der Waals surface area contributed by atoms with Crippen molar-refractivity contribution < 1.29 is 19.8 Å². The van der Waals surface area contributed by atoms with E-state index in [9.17, 15) is 14.7 Å². The zero-order chi connectivity index (χ0) is 17.3. The van der Waals surface area contributed by atoms with Crippen molar-refractivity contribution in [2.75, 3.05) is 6.54 Å². The first-order chi connectivity index (χ1) is 11.5. The predicted octanol–water partition coefficient (Wildman–Crippen LogP) is 3.22. The highest BCUT2D eigenvalue weighted by Crippen LogP contribution is 2.36. The van der Waals surface area contributed by atoms with Gasteiger partial charge in [-0.15, -0.1) is 0 Å². The van der Waals surface area contributed by atoms with Gasteiger partial charge in [-0.05, 0) is 11.5 Å². The third-order valence-electron chi connectivity index (χ3n) is 3.64. The zero-order valence-electron chi connectivity index (χ0n) is 12.4. The number of phenolic OH excluding ortho intramolecular Hbond substituents is 1. The van der Waals surface area contributed by atoms with E-state index >= 15 is 0 Å². The van der Waals surface area contributed by atoms with E-state index in [1.165, 1.54) is 4.90 Å². The Bertz CT molecular complexity index is 891. The molecule has 0 bridgehead atoms. The Morgan fingerprint density at radius 2 is 2.00 bits per heavy atom. The van der Waals surface area contributed by atoms with E-state index in [0.29, 0.717) is 20.2 Å². The highest BCUT2D eigenvalue weighted by molar-refractivity contribution is 8.26. The van der Waals surface area contributed by atoms with Crippen LogP contribution in [-0.2, 0) is 9.59 Å². The van der Waals surface area contributed by atoms with E-state index in [1.807, 2.05) is 24.3 Å². The van der Waals surface area contributed by atoms with Gasteiger partial charge in [0.15, 0.2) is 0 Å². The molecule has 0 aromatic heterocycles. The molecule has 0 aliphatic carbocycles. The normalized spacial score (nSPS) is 16.3. The number of aromatic hydroxyl groups is 1. The summed E-state index contributed by atoms with van der Waals surface area (Å²) in [5.74, 6) is -1.22. The van der Waals surface area contributed by atoms with Crippen molar-refractivity contribution in [3.8, 4) is 5.75 Å². The second-order valence-corrected chi connectivity index (χ2v) is 6.88. The van der Waals surface area contributed by atoms with Crippen LogP contribution >= 0.6 is 24.0 Å². The van der Waals surface area contributed by atoms with Gasteiger partial charge in [-0.2, -0.15) is 0 Å². The van der Waals surface area contributed by atoms with Crippen LogP contribution in [0, 0.1) is 0 Å². The van der Waals surface area contributed by atoms with E-state index < -0.39 is 5.97 Å². The third-order valence-corrected chi connectivity index (χ3v) is 5.02. The van der Waals surface area contributed by atoms with Crippen molar-refractivity contribution in [1.82, 2.24) is 4.90 Å². The lowest BCUT2D eigenvalue weighted by molar-refractivity contribution is -0.137. The summed E-state index contributed by atoms with van der Waals surface area (Å²) in [6.45, 7) is 0.0427. The van der Waals surface area contributed by atoms with Gasteiger partial charge in [0, 0.05) is 17.5 Å². The molecule has 1 saturated heterocycles. The lowest BCUT2D eigenvalue weighted by atomic mass is 10.0. The molecule has 1 fully saturated rings. The van der Waals surface area contributed by atoms with Gasteiger partial charge < -0.3 is 10.2 Å². The van der Waals surface area contributed by atoms with E-state index in [0.717, 1.165) is 17.1 Å². The van der Waals surface area contributed by atoms with Crippen LogP contribution in [0.5, 0.6) is 5.75 Å². The molecule has 1 amide bonds. The summed E-state index contributed by atoms with van der Waals surface area (Å²) in [4.78, 5) is 24.7. The molecule has 1 heterocycles. The molecule has 3 rings (SSSR count). The number of carboxylic acid groups (broad SMARTS) is 1. The summed E-state index contributed by atoms with van der Waals surface area (Å²) < 4.78 is 0.327. The molecule has 0 spiro atoms. The Balaban J connectivity index is 1.92. The topological polar surface area (TPSA) is 77.8 Å². The monoisotopic (exact) mass is 359 g/mol. The number of thioether (sulfide) groups is 1. The van der Waals surface area contributed by atoms with Crippen molar-refractivity contribution in [3.05, 3.63) is 46.9 Å². The highest BCUT2D eigenvalue weighted by Gasteiger charge is 2.32. The summed E-state index contributed by atoms with van der Waals surface area (Å²) in [5.41, 5.74) is 0.521. The first-order valence-corrected chi connectivity index (χ1v) is 8.37. The molecule has 5 nitrogen and oxygen atoms in total. The Morgan fingerprint density at radius 3 is 2.75 bits per heavy atom. The minimum Gasteiger partial charge on any atom is -0.507 e.